The lowest BCUT2D eigenvalue weighted by molar-refractivity contribution is 0.0703. The third-order valence-electron chi connectivity index (χ3n) is 5.22. The van der Waals surface area contributed by atoms with Crippen molar-refractivity contribution in [2.45, 2.75) is 31.7 Å². The molecule has 1 fully saturated rings. The van der Waals surface area contributed by atoms with E-state index in [0.717, 1.165) is 21.7 Å². The smallest absolute Gasteiger partial charge is 0.308 e. The zero-order valence-electron chi connectivity index (χ0n) is 17.0. The topological polar surface area (TPSA) is 79.7 Å². The van der Waals surface area contributed by atoms with Crippen molar-refractivity contribution >= 4 is 48.8 Å². The minimum absolute atomic E-state index is 0.00598. The SMILES string of the molecule is Cc1ccc(C(=O)N2CCN(S(=O)(=O)c3ccc4c(c3)sc(=O)n4C(C)C)CC2)s1. The van der Waals surface area contributed by atoms with Gasteiger partial charge in [-0.3, -0.25) is 14.2 Å². The predicted octanol–water partition coefficient (Wildman–Crippen LogP) is 3.16. The van der Waals surface area contributed by atoms with Crippen molar-refractivity contribution in [1.82, 2.24) is 13.8 Å². The molecule has 4 rings (SSSR count). The molecule has 0 saturated carbocycles. The van der Waals surface area contributed by atoms with Crippen molar-refractivity contribution in [3.8, 4) is 0 Å². The molecule has 1 aliphatic rings. The minimum atomic E-state index is -3.69. The number of piperazine rings is 1. The van der Waals surface area contributed by atoms with Gasteiger partial charge in [0.05, 0.1) is 20.0 Å². The van der Waals surface area contributed by atoms with Crippen LogP contribution in [-0.2, 0) is 10.0 Å². The summed E-state index contributed by atoms with van der Waals surface area (Å²) in [5, 5.41) is 0. The van der Waals surface area contributed by atoms with Crippen LogP contribution in [0.25, 0.3) is 10.2 Å². The highest BCUT2D eigenvalue weighted by molar-refractivity contribution is 7.89. The Labute approximate surface area is 183 Å². The maximum absolute atomic E-state index is 13.2. The van der Waals surface area contributed by atoms with Gasteiger partial charge in [-0.15, -0.1) is 11.3 Å². The number of thiazole rings is 1. The number of aryl methyl sites for hydroxylation is 1. The van der Waals surface area contributed by atoms with E-state index in [-0.39, 0.29) is 34.8 Å². The van der Waals surface area contributed by atoms with E-state index < -0.39 is 10.0 Å². The van der Waals surface area contributed by atoms with Crippen LogP contribution in [0.15, 0.2) is 40.0 Å². The van der Waals surface area contributed by atoms with E-state index in [1.807, 2.05) is 32.9 Å². The van der Waals surface area contributed by atoms with Crippen LogP contribution in [0.5, 0.6) is 0 Å². The van der Waals surface area contributed by atoms with Crippen molar-refractivity contribution in [3.63, 3.8) is 0 Å². The molecule has 1 aromatic carbocycles. The van der Waals surface area contributed by atoms with Gasteiger partial charge in [0.15, 0.2) is 0 Å². The van der Waals surface area contributed by atoms with Gasteiger partial charge in [-0.2, -0.15) is 4.31 Å². The summed E-state index contributed by atoms with van der Waals surface area (Å²) in [6, 6.07) is 8.59. The van der Waals surface area contributed by atoms with Gasteiger partial charge < -0.3 is 4.90 Å². The maximum atomic E-state index is 13.2. The molecule has 1 amide bonds. The highest BCUT2D eigenvalue weighted by Crippen LogP contribution is 2.26. The Balaban J connectivity index is 1.53. The lowest BCUT2D eigenvalue weighted by atomic mass is 10.3. The molecule has 10 heteroatoms. The second-order valence-electron chi connectivity index (χ2n) is 7.57. The summed E-state index contributed by atoms with van der Waals surface area (Å²) in [6.07, 6.45) is 0. The van der Waals surface area contributed by atoms with Crippen LogP contribution in [0.2, 0.25) is 0 Å². The number of nitrogens with zero attached hydrogens (tertiary/aromatic N) is 3. The second-order valence-corrected chi connectivity index (χ2v) is 11.8. The summed E-state index contributed by atoms with van der Waals surface area (Å²) in [4.78, 5) is 28.4. The summed E-state index contributed by atoms with van der Waals surface area (Å²) in [6.45, 7) is 7.02. The van der Waals surface area contributed by atoms with E-state index >= 15 is 0 Å². The van der Waals surface area contributed by atoms with Gasteiger partial charge in [0.1, 0.15) is 0 Å². The number of thiophene rings is 1. The van der Waals surface area contributed by atoms with Gasteiger partial charge in [0.25, 0.3) is 5.91 Å². The van der Waals surface area contributed by atoms with Crippen LogP contribution in [0.1, 0.15) is 34.4 Å². The van der Waals surface area contributed by atoms with Crippen molar-refractivity contribution < 1.29 is 13.2 Å². The zero-order valence-corrected chi connectivity index (χ0v) is 19.4. The highest BCUT2D eigenvalue weighted by Gasteiger charge is 2.31. The van der Waals surface area contributed by atoms with E-state index in [1.54, 1.807) is 27.7 Å². The Morgan fingerprint density at radius 3 is 2.33 bits per heavy atom. The van der Waals surface area contributed by atoms with Crippen LogP contribution in [0.4, 0.5) is 0 Å². The van der Waals surface area contributed by atoms with Crippen molar-refractivity contribution in [1.29, 1.82) is 0 Å². The first-order valence-electron chi connectivity index (χ1n) is 9.69. The van der Waals surface area contributed by atoms with E-state index in [9.17, 15) is 18.0 Å². The number of fused-ring (bicyclic) bond motifs is 1. The molecule has 7 nitrogen and oxygen atoms in total. The normalized spacial score (nSPS) is 15.9. The summed E-state index contributed by atoms with van der Waals surface area (Å²) in [7, 11) is -3.69. The molecule has 0 bridgehead atoms. The lowest BCUT2D eigenvalue weighted by Gasteiger charge is -2.33. The van der Waals surface area contributed by atoms with Crippen LogP contribution in [0, 0.1) is 6.92 Å². The van der Waals surface area contributed by atoms with Crippen LogP contribution >= 0.6 is 22.7 Å². The number of hydrogen-bond acceptors (Lipinski definition) is 6. The third kappa shape index (κ3) is 3.73. The predicted molar refractivity (Wildman–Crippen MR) is 120 cm³/mol. The first kappa shape index (κ1) is 21.2. The number of amides is 1. The molecule has 0 atom stereocenters. The Kier molecular flexibility index (Phi) is 5.60. The Morgan fingerprint density at radius 2 is 1.73 bits per heavy atom. The molecule has 1 saturated heterocycles. The van der Waals surface area contributed by atoms with Crippen molar-refractivity contribution in [2.24, 2.45) is 0 Å². The van der Waals surface area contributed by atoms with Gasteiger partial charge in [-0.25, -0.2) is 8.42 Å². The molecule has 3 aromatic rings. The first-order valence-corrected chi connectivity index (χ1v) is 12.8. The Hall–Kier alpha value is -2.01. The lowest BCUT2D eigenvalue weighted by Crippen LogP contribution is -2.50. The Bertz CT molecular complexity index is 1260. The summed E-state index contributed by atoms with van der Waals surface area (Å²) in [5.74, 6) is -0.0497. The van der Waals surface area contributed by atoms with Gasteiger partial charge >= 0.3 is 4.87 Å². The fourth-order valence-electron chi connectivity index (χ4n) is 3.65. The van der Waals surface area contributed by atoms with Gasteiger partial charge in [-0.05, 0) is 51.1 Å². The number of rotatable bonds is 4. The summed E-state index contributed by atoms with van der Waals surface area (Å²) in [5.41, 5.74) is 0.751. The number of carbonyl (C=O) groups is 1. The number of aromatic nitrogens is 1. The quantitative estimate of drug-likeness (QED) is 0.593. The van der Waals surface area contributed by atoms with Crippen LogP contribution in [0.3, 0.4) is 0 Å². The van der Waals surface area contributed by atoms with E-state index in [1.165, 1.54) is 15.6 Å². The molecule has 0 radical (unpaired) electrons. The van der Waals surface area contributed by atoms with Crippen LogP contribution in [-0.4, -0.2) is 54.3 Å². The zero-order chi connectivity index (χ0) is 21.6. The fraction of sp³-hybridized carbons (Fsp3) is 0.400. The van der Waals surface area contributed by atoms with E-state index in [2.05, 4.69) is 0 Å². The molecule has 3 heterocycles. The largest absolute Gasteiger partial charge is 0.335 e. The Morgan fingerprint density at radius 1 is 1.03 bits per heavy atom. The molecule has 2 aromatic heterocycles. The molecule has 1 aliphatic heterocycles. The highest BCUT2D eigenvalue weighted by atomic mass is 32.2. The summed E-state index contributed by atoms with van der Waals surface area (Å²) < 4.78 is 30.1. The van der Waals surface area contributed by atoms with Crippen molar-refractivity contribution in [3.05, 3.63) is 49.8 Å². The molecule has 160 valence electrons. The monoisotopic (exact) mass is 465 g/mol. The molecule has 0 spiro atoms. The average Bonchev–Trinajstić information content (AvgIpc) is 3.29. The number of benzene rings is 1. The van der Waals surface area contributed by atoms with Gasteiger partial charge in [0, 0.05) is 37.1 Å². The standard InChI is InChI=1S/C20H23N3O4S3/c1-13(2)23-16-6-5-15(12-18(16)29-20(23)25)30(26,27)22-10-8-21(9-11-22)19(24)17-7-4-14(3)28-17/h4-7,12-13H,8-11H2,1-3H3. The minimum Gasteiger partial charge on any atom is -0.335 e. The first-order chi connectivity index (χ1) is 14.2. The number of hydrogen-bond donors (Lipinski definition) is 0. The second kappa shape index (κ2) is 7.92. The fourth-order valence-corrected chi connectivity index (χ4v) is 7.06. The van der Waals surface area contributed by atoms with Gasteiger partial charge in [-0.1, -0.05) is 11.3 Å². The number of sulfonamides is 1. The van der Waals surface area contributed by atoms with Crippen molar-refractivity contribution in [2.75, 3.05) is 26.2 Å². The molecule has 0 N–H and O–H groups in total. The molecule has 30 heavy (non-hydrogen) atoms. The van der Waals surface area contributed by atoms with Crippen LogP contribution < -0.4 is 4.87 Å². The van der Waals surface area contributed by atoms with E-state index in [4.69, 9.17) is 0 Å². The van der Waals surface area contributed by atoms with Gasteiger partial charge in [0.2, 0.25) is 10.0 Å². The summed E-state index contributed by atoms with van der Waals surface area (Å²) >= 11 is 2.51. The maximum Gasteiger partial charge on any atom is 0.308 e. The van der Waals surface area contributed by atoms with E-state index in [0.29, 0.717) is 22.7 Å². The molecule has 0 unspecified atom stereocenters. The molecular weight excluding hydrogens is 442 g/mol. The molecule has 0 aliphatic carbocycles. The third-order valence-corrected chi connectivity index (χ3v) is 9.02. The number of carbonyl (C=O) groups excluding carboxylic acids is 1. The molecular formula is C20H23N3O4S3. The average molecular weight is 466 g/mol.